The molecule has 144 valence electrons. The van der Waals surface area contributed by atoms with E-state index < -0.39 is 0 Å². The molecule has 2 aromatic heterocycles. The number of nitrogens with zero attached hydrogens (tertiary/aromatic N) is 2. The molecule has 0 aliphatic heterocycles. The molecule has 0 aliphatic carbocycles. The van der Waals surface area contributed by atoms with Crippen molar-refractivity contribution in [3.63, 3.8) is 0 Å². The number of para-hydroxylation sites is 1. The van der Waals surface area contributed by atoms with E-state index in [1.54, 1.807) is 0 Å². The lowest BCUT2D eigenvalue weighted by molar-refractivity contribution is 0.522. The van der Waals surface area contributed by atoms with Gasteiger partial charge in [0, 0.05) is 17.0 Å². The van der Waals surface area contributed by atoms with Gasteiger partial charge in [-0.25, -0.2) is 0 Å². The van der Waals surface area contributed by atoms with Crippen molar-refractivity contribution in [1.29, 1.82) is 0 Å². The van der Waals surface area contributed by atoms with Gasteiger partial charge in [-0.1, -0.05) is 52.8 Å². The van der Waals surface area contributed by atoms with Gasteiger partial charge >= 0.3 is 0 Å². The number of nitrogens with one attached hydrogen (secondary N) is 1. The van der Waals surface area contributed by atoms with Crippen molar-refractivity contribution in [2.45, 2.75) is 58.8 Å². The van der Waals surface area contributed by atoms with Gasteiger partial charge in [0.15, 0.2) is 0 Å². The summed E-state index contributed by atoms with van der Waals surface area (Å²) in [5, 5.41) is 9.99. The Labute approximate surface area is 167 Å². The Morgan fingerprint density at radius 2 is 1.71 bits per heavy atom. The largest absolute Gasteiger partial charge is 0.278 e. The number of hydrogen-bond acceptors (Lipinski definition) is 2. The van der Waals surface area contributed by atoms with Gasteiger partial charge in [0.05, 0.1) is 17.2 Å². The Bertz CT molecular complexity index is 1150. The number of rotatable bonds is 3. The molecule has 0 aliphatic rings. The minimum atomic E-state index is -0.0177. The van der Waals surface area contributed by atoms with Gasteiger partial charge in [-0.3, -0.25) is 10.1 Å². The molecule has 0 saturated heterocycles. The highest BCUT2D eigenvalue weighted by atomic mass is 15.1. The van der Waals surface area contributed by atoms with Gasteiger partial charge in [-0.05, 0) is 64.6 Å². The van der Waals surface area contributed by atoms with Crippen LogP contribution in [0, 0.1) is 6.92 Å². The molecule has 0 unspecified atom stereocenters. The van der Waals surface area contributed by atoms with Gasteiger partial charge in [0.1, 0.15) is 0 Å². The van der Waals surface area contributed by atoms with Crippen molar-refractivity contribution >= 4 is 21.8 Å². The van der Waals surface area contributed by atoms with Crippen LogP contribution in [0.1, 0.15) is 56.9 Å². The summed E-state index contributed by atoms with van der Waals surface area (Å²) in [5.41, 5.74) is 7.74. The summed E-state index contributed by atoms with van der Waals surface area (Å²) < 4.78 is 0. The Morgan fingerprint density at radius 1 is 0.964 bits per heavy atom. The second-order valence-corrected chi connectivity index (χ2v) is 9.55. The maximum Gasteiger partial charge on any atom is 0.0704 e. The number of aromatic amines is 1. The molecule has 1 N–H and O–H groups in total. The first-order chi connectivity index (χ1) is 13.2. The Morgan fingerprint density at radius 3 is 2.46 bits per heavy atom. The number of aromatic nitrogens is 3. The van der Waals surface area contributed by atoms with Crippen LogP contribution < -0.4 is 0 Å². The highest BCUT2D eigenvalue weighted by Gasteiger charge is 2.28. The first-order valence-electron chi connectivity index (χ1n) is 9.99. The highest BCUT2D eigenvalue weighted by Crippen LogP contribution is 2.38. The van der Waals surface area contributed by atoms with E-state index in [0.717, 1.165) is 17.5 Å². The fourth-order valence-corrected chi connectivity index (χ4v) is 4.66. The van der Waals surface area contributed by atoms with Gasteiger partial charge in [0.25, 0.3) is 0 Å². The smallest absolute Gasteiger partial charge is 0.0704 e. The summed E-state index contributed by atoms with van der Waals surface area (Å²) in [4.78, 5) is 4.55. The van der Waals surface area contributed by atoms with Crippen LogP contribution in [0.15, 0.2) is 48.8 Å². The first-order valence-corrected chi connectivity index (χ1v) is 9.99. The molecule has 2 heterocycles. The minimum absolute atomic E-state index is 0.0177. The third kappa shape index (κ3) is 3.09. The number of fused-ring (bicyclic) bond motifs is 2. The van der Waals surface area contributed by atoms with Crippen molar-refractivity contribution in [2.75, 3.05) is 0 Å². The molecule has 2 aromatic carbocycles. The third-order valence-corrected chi connectivity index (χ3v) is 5.87. The predicted octanol–water partition coefficient (Wildman–Crippen LogP) is 6.24. The first kappa shape index (κ1) is 18.7. The molecule has 4 aromatic rings. The van der Waals surface area contributed by atoms with Crippen LogP contribution in [-0.4, -0.2) is 15.2 Å². The van der Waals surface area contributed by atoms with E-state index in [4.69, 9.17) is 0 Å². The fraction of sp³-hybridized carbons (Fsp3) is 0.360. The number of H-pyrrole nitrogens is 1. The average Bonchev–Trinajstić information content (AvgIpc) is 3.08. The molecule has 0 bridgehead atoms. The maximum atomic E-state index is 4.55. The number of pyridine rings is 1. The standard InChI is InChI=1S/C25H29N3/c1-16-17(13-22-19(15-27-28-22)23(16)24(2,3)4)14-25(5,6)20-11-12-26-21-10-8-7-9-18(20)21/h7-13,15H,14H2,1-6H3,(H,27,28). The normalized spacial score (nSPS) is 12.8. The predicted molar refractivity (Wildman–Crippen MR) is 118 cm³/mol. The van der Waals surface area contributed by atoms with Gasteiger partial charge in [-0.15, -0.1) is 0 Å². The molecule has 0 fully saturated rings. The van der Waals surface area contributed by atoms with Crippen LogP contribution in [-0.2, 0) is 17.3 Å². The molecule has 3 heteroatoms. The van der Waals surface area contributed by atoms with E-state index in [1.165, 1.54) is 33.0 Å². The van der Waals surface area contributed by atoms with Crippen molar-refractivity contribution in [2.24, 2.45) is 0 Å². The molecule has 3 nitrogen and oxygen atoms in total. The number of benzene rings is 2. The van der Waals surface area contributed by atoms with Crippen molar-refractivity contribution in [1.82, 2.24) is 15.2 Å². The fourth-order valence-electron chi connectivity index (χ4n) is 4.66. The lowest BCUT2D eigenvalue weighted by Crippen LogP contribution is -2.23. The second-order valence-electron chi connectivity index (χ2n) is 9.55. The minimum Gasteiger partial charge on any atom is -0.278 e. The molecule has 0 saturated carbocycles. The lowest BCUT2D eigenvalue weighted by Gasteiger charge is -2.30. The average molecular weight is 372 g/mol. The zero-order valence-corrected chi connectivity index (χ0v) is 17.7. The Balaban J connectivity index is 1.86. The SMILES string of the molecule is Cc1c(CC(C)(C)c2ccnc3ccccc23)cc2[nH]ncc2c1C(C)(C)C. The van der Waals surface area contributed by atoms with E-state index >= 15 is 0 Å². The molecular weight excluding hydrogens is 342 g/mol. The quantitative estimate of drug-likeness (QED) is 0.463. The van der Waals surface area contributed by atoms with Crippen molar-refractivity contribution < 1.29 is 0 Å². The summed E-state index contributed by atoms with van der Waals surface area (Å²) in [6.45, 7) is 13.8. The van der Waals surface area contributed by atoms with Crippen molar-refractivity contribution in [3.05, 3.63) is 71.0 Å². The molecule has 0 spiro atoms. The molecule has 4 rings (SSSR count). The molecular formula is C25H29N3. The number of hydrogen-bond donors (Lipinski definition) is 1. The zero-order valence-electron chi connectivity index (χ0n) is 17.7. The molecule has 0 amide bonds. The van der Waals surface area contributed by atoms with Crippen LogP contribution in [0.25, 0.3) is 21.8 Å². The van der Waals surface area contributed by atoms with E-state index in [9.17, 15) is 0 Å². The summed E-state index contributed by atoms with van der Waals surface area (Å²) >= 11 is 0. The van der Waals surface area contributed by atoms with Crippen LogP contribution in [0.3, 0.4) is 0 Å². The third-order valence-electron chi connectivity index (χ3n) is 5.87. The van der Waals surface area contributed by atoms with Crippen molar-refractivity contribution in [3.8, 4) is 0 Å². The molecule has 0 atom stereocenters. The monoisotopic (exact) mass is 371 g/mol. The summed E-state index contributed by atoms with van der Waals surface area (Å²) in [5.74, 6) is 0. The van der Waals surface area contributed by atoms with Gasteiger partial charge in [0.2, 0.25) is 0 Å². The highest BCUT2D eigenvalue weighted by molar-refractivity contribution is 5.86. The van der Waals surface area contributed by atoms with E-state index in [0.29, 0.717) is 0 Å². The zero-order chi connectivity index (χ0) is 20.1. The Kier molecular flexibility index (Phi) is 4.29. The van der Waals surface area contributed by atoms with E-state index in [2.05, 4.69) is 93.1 Å². The second kappa shape index (κ2) is 6.44. The lowest BCUT2D eigenvalue weighted by atomic mass is 9.74. The van der Waals surface area contributed by atoms with Crippen LogP contribution in [0.5, 0.6) is 0 Å². The van der Waals surface area contributed by atoms with Gasteiger partial charge < -0.3 is 0 Å². The topological polar surface area (TPSA) is 41.6 Å². The van der Waals surface area contributed by atoms with E-state index in [-0.39, 0.29) is 10.8 Å². The van der Waals surface area contributed by atoms with Crippen LogP contribution in [0.2, 0.25) is 0 Å². The summed E-state index contributed by atoms with van der Waals surface area (Å²) in [6, 6.07) is 12.9. The van der Waals surface area contributed by atoms with Gasteiger partial charge in [-0.2, -0.15) is 5.10 Å². The maximum absolute atomic E-state index is 4.55. The van der Waals surface area contributed by atoms with Crippen LogP contribution >= 0.6 is 0 Å². The summed E-state index contributed by atoms with van der Waals surface area (Å²) in [7, 11) is 0. The summed E-state index contributed by atoms with van der Waals surface area (Å²) in [6.07, 6.45) is 4.87. The van der Waals surface area contributed by atoms with Crippen LogP contribution in [0.4, 0.5) is 0 Å². The molecule has 28 heavy (non-hydrogen) atoms. The Hall–Kier alpha value is -2.68. The molecule has 0 radical (unpaired) electrons. The van der Waals surface area contributed by atoms with E-state index in [1.807, 2.05) is 12.4 Å².